The fourth-order valence-corrected chi connectivity index (χ4v) is 1.21. The van der Waals surface area contributed by atoms with E-state index in [0.29, 0.717) is 0 Å². The molecule has 1 unspecified atom stereocenters. The van der Waals surface area contributed by atoms with Crippen molar-refractivity contribution in [3.8, 4) is 0 Å². The lowest BCUT2D eigenvalue weighted by Crippen LogP contribution is -2.58. The molecule has 8 heteroatoms. The van der Waals surface area contributed by atoms with Gasteiger partial charge in [-0.15, -0.1) is 0 Å². The number of carbonyl (C=O) groups excluding carboxylic acids is 2. The molecule has 3 amide bonds. The fraction of sp³-hybridized carbons (Fsp3) is 0.273. The highest BCUT2D eigenvalue weighted by molar-refractivity contribution is 5.94. The summed E-state index contributed by atoms with van der Waals surface area (Å²) in [6, 6.07) is 6.34. The second-order valence-electron chi connectivity index (χ2n) is 3.54. The summed E-state index contributed by atoms with van der Waals surface area (Å²) in [5.74, 6) is -0.931. The monoisotopic (exact) mass is 275 g/mol. The van der Waals surface area contributed by atoms with Gasteiger partial charge in [0.2, 0.25) is 6.17 Å². The highest BCUT2D eigenvalue weighted by atomic mass is 19.4. The molecule has 0 saturated carbocycles. The number of hydrogen-bond acceptors (Lipinski definition) is 2. The van der Waals surface area contributed by atoms with E-state index in [9.17, 15) is 22.8 Å². The van der Waals surface area contributed by atoms with Gasteiger partial charge < -0.3 is 16.0 Å². The van der Waals surface area contributed by atoms with Crippen molar-refractivity contribution in [2.24, 2.45) is 0 Å². The van der Waals surface area contributed by atoms with Gasteiger partial charge >= 0.3 is 12.2 Å². The molecule has 0 bridgehead atoms. The molecule has 0 aliphatic heterocycles. The van der Waals surface area contributed by atoms with Crippen molar-refractivity contribution < 1.29 is 22.8 Å². The van der Waals surface area contributed by atoms with Gasteiger partial charge in [-0.2, -0.15) is 13.2 Å². The SMILES string of the molecule is CNC(=O)NC(NC(=O)c1ccccc1)C(F)(F)F. The largest absolute Gasteiger partial charge is 0.427 e. The molecule has 0 spiro atoms. The van der Waals surface area contributed by atoms with Crippen LogP contribution in [0.5, 0.6) is 0 Å². The summed E-state index contributed by atoms with van der Waals surface area (Å²) in [5.41, 5.74) is 0.0652. The number of hydrogen-bond donors (Lipinski definition) is 3. The standard InChI is InChI=1S/C11H12F3N3O2/c1-15-10(19)17-9(11(12,13)14)16-8(18)7-5-3-2-4-6-7/h2-6,9H,1H3,(H,16,18)(H2,15,17,19). The molecule has 0 aliphatic carbocycles. The summed E-state index contributed by atoms with van der Waals surface area (Å²) in [7, 11) is 1.17. The van der Waals surface area contributed by atoms with Crippen molar-refractivity contribution in [3.63, 3.8) is 0 Å². The quantitative estimate of drug-likeness (QED) is 0.726. The van der Waals surface area contributed by atoms with E-state index in [2.05, 4.69) is 0 Å². The molecule has 104 valence electrons. The normalized spacial score (nSPS) is 12.4. The van der Waals surface area contributed by atoms with E-state index >= 15 is 0 Å². The third kappa shape index (κ3) is 4.49. The maximum absolute atomic E-state index is 12.6. The number of alkyl halides is 3. The first-order valence-electron chi connectivity index (χ1n) is 5.25. The minimum Gasteiger partial charge on any atom is -0.341 e. The number of rotatable bonds is 3. The Bertz CT molecular complexity index is 448. The molecule has 0 saturated heterocycles. The van der Waals surface area contributed by atoms with E-state index in [-0.39, 0.29) is 5.56 Å². The Morgan fingerprint density at radius 2 is 1.68 bits per heavy atom. The Hall–Kier alpha value is -2.25. The highest BCUT2D eigenvalue weighted by Gasteiger charge is 2.42. The average Bonchev–Trinajstić information content (AvgIpc) is 2.37. The van der Waals surface area contributed by atoms with Crippen LogP contribution >= 0.6 is 0 Å². The van der Waals surface area contributed by atoms with Crippen molar-refractivity contribution in [3.05, 3.63) is 35.9 Å². The molecule has 0 aliphatic rings. The smallest absolute Gasteiger partial charge is 0.341 e. The van der Waals surface area contributed by atoms with Crippen LogP contribution in [0.4, 0.5) is 18.0 Å². The van der Waals surface area contributed by atoms with Gasteiger partial charge in [-0.25, -0.2) is 4.79 Å². The van der Waals surface area contributed by atoms with Gasteiger partial charge in [0, 0.05) is 12.6 Å². The van der Waals surface area contributed by atoms with Crippen molar-refractivity contribution in [1.29, 1.82) is 0 Å². The van der Waals surface area contributed by atoms with E-state index in [4.69, 9.17) is 0 Å². The van der Waals surface area contributed by atoms with Crippen LogP contribution in [-0.2, 0) is 0 Å². The Labute approximate surface area is 107 Å². The molecular weight excluding hydrogens is 263 g/mol. The minimum atomic E-state index is -4.79. The lowest BCUT2D eigenvalue weighted by atomic mass is 10.2. The third-order valence-electron chi connectivity index (χ3n) is 2.14. The van der Waals surface area contributed by atoms with Gasteiger partial charge in [0.1, 0.15) is 0 Å². The van der Waals surface area contributed by atoms with Gasteiger partial charge in [-0.3, -0.25) is 4.79 Å². The van der Waals surface area contributed by atoms with Gasteiger partial charge in [-0.05, 0) is 12.1 Å². The number of nitrogens with one attached hydrogen (secondary N) is 3. The molecular formula is C11H12F3N3O2. The third-order valence-corrected chi connectivity index (χ3v) is 2.14. The molecule has 1 aromatic rings. The molecule has 0 radical (unpaired) electrons. The molecule has 5 nitrogen and oxygen atoms in total. The second-order valence-corrected chi connectivity index (χ2v) is 3.54. The van der Waals surface area contributed by atoms with Crippen LogP contribution in [0.1, 0.15) is 10.4 Å². The number of urea groups is 1. The first-order chi connectivity index (χ1) is 8.84. The summed E-state index contributed by atoms with van der Waals surface area (Å²) < 4.78 is 37.9. The predicted molar refractivity (Wildman–Crippen MR) is 61.3 cm³/mol. The van der Waals surface area contributed by atoms with E-state index < -0.39 is 24.3 Å². The maximum atomic E-state index is 12.6. The molecule has 19 heavy (non-hydrogen) atoms. The van der Waals surface area contributed by atoms with Crippen LogP contribution in [0.2, 0.25) is 0 Å². The van der Waals surface area contributed by atoms with E-state index in [0.717, 1.165) is 0 Å². The lowest BCUT2D eigenvalue weighted by molar-refractivity contribution is -0.157. The summed E-state index contributed by atoms with van der Waals surface area (Å²) in [6.45, 7) is 0. The molecule has 1 aromatic carbocycles. The maximum Gasteiger partial charge on any atom is 0.427 e. The summed E-state index contributed by atoms with van der Waals surface area (Å²) in [4.78, 5) is 22.5. The van der Waals surface area contributed by atoms with Crippen LogP contribution in [0.25, 0.3) is 0 Å². The van der Waals surface area contributed by atoms with Crippen LogP contribution in [0, 0.1) is 0 Å². The number of halogens is 3. The van der Waals surface area contributed by atoms with Gasteiger partial charge in [0.05, 0.1) is 0 Å². The Morgan fingerprint density at radius 3 is 2.16 bits per heavy atom. The molecule has 1 atom stereocenters. The highest BCUT2D eigenvalue weighted by Crippen LogP contribution is 2.18. The first-order valence-corrected chi connectivity index (χ1v) is 5.25. The van der Waals surface area contributed by atoms with Crippen LogP contribution in [-0.4, -0.2) is 31.3 Å². The molecule has 0 heterocycles. The minimum absolute atomic E-state index is 0.0652. The molecule has 3 N–H and O–H groups in total. The summed E-state index contributed by atoms with van der Waals surface area (Å²) in [6.07, 6.45) is -7.25. The molecule has 0 aromatic heterocycles. The topological polar surface area (TPSA) is 70.2 Å². The number of amides is 3. The predicted octanol–water partition coefficient (Wildman–Crippen LogP) is 1.23. The average molecular weight is 275 g/mol. The Kier molecular flexibility index (Phi) is 4.74. The number of carbonyl (C=O) groups is 2. The molecule has 1 rings (SSSR count). The number of benzene rings is 1. The summed E-state index contributed by atoms with van der Waals surface area (Å²) in [5, 5.41) is 5.28. The van der Waals surface area contributed by atoms with E-state index in [1.807, 2.05) is 5.32 Å². The Balaban J connectivity index is 2.78. The van der Waals surface area contributed by atoms with Gasteiger partial charge in [0.15, 0.2) is 0 Å². The van der Waals surface area contributed by atoms with Crippen molar-refractivity contribution in [2.45, 2.75) is 12.3 Å². The van der Waals surface area contributed by atoms with Crippen LogP contribution in [0.15, 0.2) is 30.3 Å². The van der Waals surface area contributed by atoms with Crippen LogP contribution < -0.4 is 16.0 Å². The zero-order chi connectivity index (χ0) is 14.5. The van der Waals surface area contributed by atoms with Gasteiger partial charge in [0.25, 0.3) is 5.91 Å². The van der Waals surface area contributed by atoms with Crippen molar-refractivity contribution in [1.82, 2.24) is 16.0 Å². The zero-order valence-electron chi connectivity index (χ0n) is 9.91. The fourth-order valence-electron chi connectivity index (χ4n) is 1.21. The Morgan fingerprint density at radius 1 is 1.11 bits per heavy atom. The van der Waals surface area contributed by atoms with Gasteiger partial charge in [-0.1, -0.05) is 18.2 Å². The summed E-state index contributed by atoms with van der Waals surface area (Å²) >= 11 is 0. The first kappa shape index (κ1) is 14.8. The lowest BCUT2D eigenvalue weighted by Gasteiger charge is -2.22. The van der Waals surface area contributed by atoms with Crippen LogP contribution in [0.3, 0.4) is 0 Å². The second kappa shape index (κ2) is 6.07. The van der Waals surface area contributed by atoms with E-state index in [1.165, 1.54) is 31.3 Å². The van der Waals surface area contributed by atoms with Crippen molar-refractivity contribution in [2.75, 3.05) is 7.05 Å². The van der Waals surface area contributed by atoms with Crippen molar-refractivity contribution >= 4 is 11.9 Å². The zero-order valence-corrected chi connectivity index (χ0v) is 9.91. The van der Waals surface area contributed by atoms with E-state index in [1.54, 1.807) is 16.7 Å². The molecule has 0 fully saturated rings.